The zero-order chi connectivity index (χ0) is 17.3. The van der Waals surface area contributed by atoms with E-state index >= 15 is 0 Å². The molecule has 2 aliphatic heterocycles. The van der Waals surface area contributed by atoms with E-state index in [-0.39, 0.29) is 36.4 Å². The Morgan fingerprint density at radius 2 is 1.75 bits per heavy atom. The first-order valence-corrected chi connectivity index (χ1v) is 7.83. The van der Waals surface area contributed by atoms with Crippen LogP contribution in [0.3, 0.4) is 0 Å². The van der Waals surface area contributed by atoms with Gasteiger partial charge in [-0.05, 0) is 24.8 Å². The fourth-order valence-electron chi connectivity index (χ4n) is 3.09. The second kappa shape index (κ2) is 6.37. The van der Waals surface area contributed by atoms with E-state index in [0.29, 0.717) is 32.5 Å². The molecule has 6 nitrogen and oxygen atoms in total. The van der Waals surface area contributed by atoms with E-state index < -0.39 is 12.0 Å². The van der Waals surface area contributed by atoms with Gasteiger partial charge in [0.15, 0.2) is 0 Å². The molecule has 1 aromatic heterocycles. The summed E-state index contributed by atoms with van der Waals surface area (Å²) in [6.07, 6.45) is -1.51. The molecule has 24 heavy (non-hydrogen) atoms. The number of halogens is 3. The topological polar surface area (TPSA) is 66.4 Å². The fraction of sp³-hybridized carbons (Fsp3) is 0.600. The zero-order valence-corrected chi connectivity index (χ0v) is 12.9. The van der Waals surface area contributed by atoms with Gasteiger partial charge in [-0.15, -0.1) is 0 Å². The second-order valence-corrected chi connectivity index (χ2v) is 6.06. The number of alkyl halides is 3. The summed E-state index contributed by atoms with van der Waals surface area (Å²) < 4.78 is 38.1. The van der Waals surface area contributed by atoms with Crippen molar-refractivity contribution in [3.8, 4) is 0 Å². The van der Waals surface area contributed by atoms with E-state index in [1.807, 2.05) is 0 Å². The molecule has 2 saturated heterocycles. The predicted molar refractivity (Wildman–Crippen MR) is 77.9 cm³/mol. The number of hydrogen-bond acceptors (Lipinski definition) is 5. The standard InChI is InChI=1S/C15H17F3N4O2/c16-15(17,18)14-19-6-3-11(20-14)21-7-4-10(5-8-21)9-22-12(23)1-2-13(22)24/h3,6,10H,1-2,4-5,7-9H2. The SMILES string of the molecule is O=C1CCC(=O)N1CC1CCN(c2ccnc(C(F)(F)F)n2)CC1. The van der Waals surface area contributed by atoms with Crippen LogP contribution in [0, 0.1) is 5.92 Å². The number of aromatic nitrogens is 2. The highest BCUT2D eigenvalue weighted by molar-refractivity contribution is 6.01. The molecule has 0 spiro atoms. The number of imide groups is 1. The van der Waals surface area contributed by atoms with Gasteiger partial charge in [0.1, 0.15) is 5.82 Å². The van der Waals surface area contributed by atoms with Crippen LogP contribution in [-0.2, 0) is 15.8 Å². The number of anilines is 1. The summed E-state index contributed by atoms with van der Waals surface area (Å²) in [7, 11) is 0. The van der Waals surface area contributed by atoms with Crippen LogP contribution in [0.1, 0.15) is 31.5 Å². The summed E-state index contributed by atoms with van der Waals surface area (Å²) in [6, 6.07) is 1.46. The van der Waals surface area contributed by atoms with Gasteiger partial charge in [-0.3, -0.25) is 14.5 Å². The molecule has 0 aromatic carbocycles. The first-order chi connectivity index (χ1) is 11.3. The molecule has 0 aliphatic carbocycles. The van der Waals surface area contributed by atoms with E-state index in [9.17, 15) is 22.8 Å². The highest BCUT2D eigenvalue weighted by Crippen LogP contribution is 2.29. The Hall–Kier alpha value is -2.19. The molecule has 130 valence electrons. The van der Waals surface area contributed by atoms with Gasteiger partial charge in [0.2, 0.25) is 17.6 Å². The number of carbonyl (C=O) groups excluding carboxylic acids is 2. The van der Waals surface area contributed by atoms with Crippen LogP contribution in [-0.4, -0.2) is 46.3 Å². The molecule has 3 heterocycles. The molecule has 3 rings (SSSR count). The highest BCUT2D eigenvalue weighted by Gasteiger charge is 2.36. The quantitative estimate of drug-likeness (QED) is 0.785. The van der Waals surface area contributed by atoms with Gasteiger partial charge in [-0.2, -0.15) is 13.2 Å². The van der Waals surface area contributed by atoms with Crippen molar-refractivity contribution in [2.24, 2.45) is 5.92 Å². The molecule has 1 aromatic rings. The van der Waals surface area contributed by atoms with Gasteiger partial charge in [-0.25, -0.2) is 9.97 Å². The molecule has 2 aliphatic rings. The monoisotopic (exact) mass is 342 g/mol. The van der Waals surface area contributed by atoms with Gasteiger partial charge in [0.25, 0.3) is 0 Å². The minimum Gasteiger partial charge on any atom is -0.356 e. The van der Waals surface area contributed by atoms with Crippen LogP contribution >= 0.6 is 0 Å². The second-order valence-electron chi connectivity index (χ2n) is 6.06. The summed E-state index contributed by atoms with van der Waals surface area (Å²) in [4.78, 5) is 33.2. The lowest BCUT2D eigenvalue weighted by molar-refractivity contribution is -0.145. The smallest absolute Gasteiger partial charge is 0.356 e. The van der Waals surface area contributed by atoms with Crippen molar-refractivity contribution >= 4 is 17.6 Å². The molecule has 0 radical (unpaired) electrons. The third-order valence-corrected chi connectivity index (χ3v) is 4.43. The van der Waals surface area contributed by atoms with Crippen molar-refractivity contribution in [1.82, 2.24) is 14.9 Å². The molecule has 0 unspecified atom stereocenters. The number of carbonyl (C=O) groups is 2. The van der Waals surface area contributed by atoms with E-state index in [0.717, 1.165) is 6.20 Å². The lowest BCUT2D eigenvalue weighted by atomic mass is 9.96. The van der Waals surface area contributed by atoms with Gasteiger partial charge >= 0.3 is 6.18 Å². The largest absolute Gasteiger partial charge is 0.451 e. The third kappa shape index (κ3) is 3.49. The van der Waals surface area contributed by atoms with E-state index in [1.54, 1.807) is 4.90 Å². The molecule has 9 heteroatoms. The first kappa shape index (κ1) is 16.7. The van der Waals surface area contributed by atoms with Crippen LogP contribution in [0.25, 0.3) is 0 Å². The Kier molecular flexibility index (Phi) is 4.42. The minimum atomic E-state index is -4.56. The molecule has 0 bridgehead atoms. The summed E-state index contributed by atoms with van der Waals surface area (Å²) in [5, 5.41) is 0. The molecule has 0 saturated carbocycles. The number of amides is 2. The number of hydrogen-bond donors (Lipinski definition) is 0. The lowest BCUT2D eigenvalue weighted by Crippen LogP contribution is -2.40. The van der Waals surface area contributed by atoms with E-state index in [1.165, 1.54) is 11.0 Å². The van der Waals surface area contributed by atoms with Crippen molar-refractivity contribution < 1.29 is 22.8 Å². The minimum absolute atomic E-state index is 0.131. The van der Waals surface area contributed by atoms with Gasteiger partial charge in [0, 0.05) is 38.7 Å². The third-order valence-electron chi connectivity index (χ3n) is 4.43. The van der Waals surface area contributed by atoms with Crippen LogP contribution in [0.5, 0.6) is 0 Å². The van der Waals surface area contributed by atoms with Crippen LogP contribution in [0.2, 0.25) is 0 Å². The van der Waals surface area contributed by atoms with Crippen molar-refractivity contribution in [2.75, 3.05) is 24.5 Å². The summed E-state index contributed by atoms with van der Waals surface area (Å²) in [5.74, 6) is -0.975. The molecule has 0 N–H and O–H groups in total. The zero-order valence-electron chi connectivity index (χ0n) is 12.9. The number of likely N-dealkylation sites (tertiary alicyclic amines) is 1. The van der Waals surface area contributed by atoms with Gasteiger partial charge in [0.05, 0.1) is 0 Å². The Morgan fingerprint density at radius 1 is 1.12 bits per heavy atom. The lowest BCUT2D eigenvalue weighted by Gasteiger charge is -2.34. The molecule has 2 amide bonds. The molecular weight excluding hydrogens is 325 g/mol. The van der Waals surface area contributed by atoms with Crippen molar-refractivity contribution in [1.29, 1.82) is 0 Å². The van der Waals surface area contributed by atoms with Crippen LogP contribution in [0.15, 0.2) is 12.3 Å². The Balaban J connectivity index is 1.59. The van der Waals surface area contributed by atoms with Gasteiger partial charge < -0.3 is 4.90 Å². The molecule has 0 atom stereocenters. The maximum absolute atomic E-state index is 12.7. The average Bonchev–Trinajstić information content (AvgIpc) is 2.87. The van der Waals surface area contributed by atoms with Crippen LogP contribution in [0.4, 0.5) is 19.0 Å². The van der Waals surface area contributed by atoms with Crippen molar-refractivity contribution in [3.63, 3.8) is 0 Å². The normalized spacial score (nSPS) is 20.1. The van der Waals surface area contributed by atoms with Crippen molar-refractivity contribution in [2.45, 2.75) is 31.9 Å². The first-order valence-electron chi connectivity index (χ1n) is 7.83. The maximum atomic E-state index is 12.7. The molecular formula is C15H17F3N4O2. The summed E-state index contributed by atoms with van der Waals surface area (Å²) in [5.41, 5.74) is 0. The van der Waals surface area contributed by atoms with Crippen molar-refractivity contribution in [3.05, 3.63) is 18.1 Å². The Morgan fingerprint density at radius 3 is 2.33 bits per heavy atom. The van der Waals surface area contributed by atoms with E-state index in [4.69, 9.17) is 0 Å². The number of rotatable bonds is 3. The van der Waals surface area contributed by atoms with E-state index in [2.05, 4.69) is 9.97 Å². The van der Waals surface area contributed by atoms with Gasteiger partial charge in [-0.1, -0.05) is 0 Å². The maximum Gasteiger partial charge on any atom is 0.451 e. The summed E-state index contributed by atoms with van der Waals surface area (Å²) in [6.45, 7) is 1.48. The number of piperidine rings is 1. The predicted octanol–water partition coefficient (Wildman–Crippen LogP) is 1.86. The van der Waals surface area contributed by atoms with Crippen LogP contribution < -0.4 is 4.90 Å². The Bertz CT molecular complexity index is 626. The molecule has 2 fully saturated rings. The number of nitrogens with zero attached hydrogens (tertiary/aromatic N) is 4. The highest BCUT2D eigenvalue weighted by atomic mass is 19.4. The Labute approximate surface area is 136 Å². The summed E-state index contributed by atoms with van der Waals surface area (Å²) >= 11 is 0. The average molecular weight is 342 g/mol. The fourth-order valence-corrected chi connectivity index (χ4v) is 3.09.